The van der Waals surface area contributed by atoms with Gasteiger partial charge in [-0.1, -0.05) is 70.2 Å². The van der Waals surface area contributed by atoms with Crippen molar-refractivity contribution in [3.63, 3.8) is 0 Å². The van der Waals surface area contributed by atoms with Gasteiger partial charge in [0.05, 0.1) is 11.8 Å². The van der Waals surface area contributed by atoms with Gasteiger partial charge < -0.3 is 0 Å². The molecule has 190 valence electrons. The predicted molar refractivity (Wildman–Crippen MR) is 131 cm³/mol. The third-order valence-corrected chi connectivity index (χ3v) is 5.75. The summed E-state index contributed by atoms with van der Waals surface area (Å²) in [4.78, 5) is 38.4. The first-order valence-corrected chi connectivity index (χ1v) is 13.3. The molecule has 0 saturated carbocycles. The number of amides is 3. The third kappa shape index (κ3) is 10.9. The molecule has 0 bridgehead atoms. The van der Waals surface area contributed by atoms with Crippen LogP contribution in [0.1, 0.15) is 46.1 Å². The summed E-state index contributed by atoms with van der Waals surface area (Å²) in [5.41, 5.74) is 5.11. The number of carbonyl (C=O) groups excluding carboxylic acids is 3. The highest BCUT2D eigenvalue weighted by Crippen LogP contribution is 2.25. The highest BCUT2D eigenvalue weighted by atomic mass is 32.2. The van der Waals surface area contributed by atoms with E-state index >= 15 is 0 Å². The van der Waals surface area contributed by atoms with E-state index in [1.54, 1.807) is 11.6 Å². The van der Waals surface area contributed by atoms with Crippen LogP contribution in [0.15, 0.2) is 36.4 Å². The molecular formula is C24H37N3O6S. The zero-order chi connectivity index (χ0) is 25.9. The first kappa shape index (κ1) is 29.3. The average molecular weight is 496 g/mol. The number of rotatable bonds is 12. The van der Waals surface area contributed by atoms with E-state index in [0.717, 1.165) is 16.8 Å². The first-order chi connectivity index (χ1) is 15.8. The number of benzene rings is 1. The molecule has 34 heavy (non-hydrogen) atoms. The van der Waals surface area contributed by atoms with Crippen molar-refractivity contribution in [2.75, 3.05) is 18.6 Å². The summed E-state index contributed by atoms with van der Waals surface area (Å²) in [7, 11) is -3.60. The van der Waals surface area contributed by atoms with Crippen LogP contribution >= 0.6 is 0 Å². The lowest BCUT2D eigenvalue weighted by molar-refractivity contribution is -0.146. The molecule has 0 aliphatic carbocycles. The summed E-state index contributed by atoms with van der Waals surface area (Å²) in [6.07, 6.45) is 5.02. The maximum Gasteiger partial charge on any atom is 0.256 e. The molecule has 3 N–H and O–H groups in total. The monoisotopic (exact) mass is 495 g/mol. The molecule has 0 saturated heterocycles. The summed E-state index contributed by atoms with van der Waals surface area (Å²) in [6.45, 7) is 7.56. The molecular weight excluding hydrogens is 458 g/mol. The normalized spacial score (nSPS) is 13.6. The Hall–Kier alpha value is -2.72. The van der Waals surface area contributed by atoms with Crippen LogP contribution in [0, 0.1) is 23.7 Å². The minimum Gasteiger partial charge on any atom is -0.289 e. The van der Waals surface area contributed by atoms with Gasteiger partial charge in [0.25, 0.3) is 5.91 Å². The van der Waals surface area contributed by atoms with E-state index in [-0.39, 0.29) is 24.8 Å². The zero-order valence-electron chi connectivity index (χ0n) is 20.5. The minimum absolute atomic E-state index is 0.0353. The van der Waals surface area contributed by atoms with Crippen molar-refractivity contribution >= 4 is 33.6 Å². The van der Waals surface area contributed by atoms with Gasteiger partial charge in [-0.05, 0) is 30.2 Å². The van der Waals surface area contributed by atoms with E-state index in [9.17, 15) is 28.0 Å². The van der Waals surface area contributed by atoms with Crippen LogP contribution in [0.4, 0.5) is 0 Å². The Morgan fingerprint density at radius 3 is 2.12 bits per heavy atom. The Bertz CT molecular complexity index is 945. The topological polar surface area (TPSA) is 133 Å². The fourth-order valence-corrected chi connectivity index (χ4v) is 4.11. The zero-order valence-corrected chi connectivity index (χ0v) is 21.3. The fourth-order valence-electron chi connectivity index (χ4n) is 3.51. The molecule has 0 aromatic heterocycles. The van der Waals surface area contributed by atoms with Crippen LogP contribution in [-0.2, 0) is 24.2 Å². The SMILES string of the molecule is CC(C)C[C@@H](C(=O)NN(CC(C)C)C(=O)CS(C)(=O)=O)[C@H](C/C=C/c1ccccc1)C(=O)NO. The van der Waals surface area contributed by atoms with Crippen molar-refractivity contribution in [2.45, 2.75) is 40.5 Å². The molecule has 9 nitrogen and oxygen atoms in total. The van der Waals surface area contributed by atoms with E-state index in [1.165, 1.54) is 0 Å². The minimum atomic E-state index is -3.60. The maximum absolute atomic E-state index is 13.3. The van der Waals surface area contributed by atoms with Gasteiger partial charge in [0.2, 0.25) is 11.8 Å². The molecule has 0 aliphatic heterocycles. The Kier molecular flexibility index (Phi) is 11.9. The van der Waals surface area contributed by atoms with Gasteiger partial charge in [-0.25, -0.2) is 13.9 Å². The van der Waals surface area contributed by atoms with Gasteiger partial charge in [-0.15, -0.1) is 0 Å². The van der Waals surface area contributed by atoms with Crippen molar-refractivity contribution in [3.05, 3.63) is 42.0 Å². The lowest BCUT2D eigenvalue weighted by atomic mass is 9.82. The quantitative estimate of drug-likeness (QED) is 0.301. The van der Waals surface area contributed by atoms with E-state index in [2.05, 4.69) is 5.43 Å². The molecule has 10 heteroatoms. The lowest BCUT2D eigenvalue weighted by Crippen LogP contribution is -2.53. The van der Waals surface area contributed by atoms with E-state index < -0.39 is 45.1 Å². The van der Waals surface area contributed by atoms with Gasteiger partial charge >= 0.3 is 0 Å². The number of nitrogens with zero attached hydrogens (tertiary/aromatic N) is 1. The number of hydrogen-bond acceptors (Lipinski definition) is 6. The van der Waals surface area contributed by atoms with Gasteiger partial charge in [-0.2, -0.15) is 0 Å². The number of carbonyl (C=O) groups is 3. The molecule has 0 radical (unpaired) electrons. The van der Waals surface area contributed by atoms with E-state index in [0.29, 0.717) is 6.42 Å². The Labute approximate surface area is 202 Å². The number of hydrogen-bond donors (Lipinski definition) is 3. The molecule has 2 atom stereocenters. The fraction of sp³-hybridized carbons (Fsp3) is 0.542. The summed E-state index contributed by atoms with van der Waals surface area (Å²) >= 11 is 0. The third-order valence-electron chi connectivity index (χ3n) is 4.97. The molecule has 3 amide bonds. The summed E-state index contributed by atoms with van der Waals surface area (Å²) in [5, 5.41) is 10.3. The van der Waals surface area contributed by atoms with Crippen LogP contribution in [0.25, 0.3) is 6.08 Å². The largest absolute Gasteiger partial charge is 0.289 e. The Morgan fingerprint density at radius 1 is 1.00 bits per heavy atom. The molecule has 0 heterocycles. The van der Waals surface area contributed by atoms with Gasteiger partial charge in [0.1, 0.15) is 5.75 Å². The maximum atomic E-state index is 13.3. The van der Waals surface area contributed by atoms with Crippen LogP contribution in [0.2, 0.25) is 0 Å². The lowest BCUT2D eigenvalue weighted by Gasteiger charge is -2.30. The number of nitrogens with one attached hydrogen (secondary N) is 2. The Balaban J connectivity index is 3.18. The molecule has 1 aromatic rings. The van der Waals surface area contributed by atoms with Crippen molar-refractivity contribution in [1.29, 1.82) is 0 Å². The molecule has 1 aromatic carbocycles. The molecule has 0 spiro atoms. The number of hydroxylamine groups is 1. The average Bonchev–Trinajstić information content (AvgIpc) is 2.73. The van der Waals surface area contributed by atoms with Crippen molar-refractivity contribution in [1.82, 2.24) is 15.9 Å². The summed E-state index contributed by atoms with van der Waals surface area (Å²) < 4.78 is 23.2. The van der Waals surface area contributed by atoms with E-state index in [4.69, 9.17) is 0 Å². The number of sulfone groups is 1. The van der Waals surface area contributed by atoms with Crippen LogP contribution in [0.3, 0.4) is 0 Å². The second-order valence-electron chi connectivity index (χ2n) is 9.31. The Morgan fingerprint density at radius 2 is 1.62 bits per heavy atom. The van der Waals surface area contributed by atoms with Gasteiger partial charge in [-0.3, -0.25) is 30.0 Å². The standard InChI is InChI=1S/C24H37N3O6S/c1-17(2)14-21(20(24(30)26-31)13-9-12-19-10-7-6-8-11-19)23(29)25-27(15-18(3)4)22(28)16-34(5,32)33/h6-12,17-18,20-21,31H,13-16H2,1-5H3,(H,25,29)(H,26,30)/b12-9+/t20-,21+/m0/s1. The summed E-state index contributed by atoms with van der Waals surface area (Å²) in [6, 6.07) is 9.43. The number of hydrazine groups is 1. The molecule has 0 fully saturated rings. The highest BCUT2D eigenvalue weighted by molar-refractivity contribution is 7.91. The van der Waals surface area contributed by atoms with Crippen molar-refractivity contribution in [2.24, 2.45) is 23.7 Å². The molecule has 0 unspecified atom stereocenters. The molecule has 0 aliphatic rings. The van der Waals surface area contributed by atoms with Crippen molar-refractivity contribution < 1.29 is 28.0 Å². The van der Waals surface area contributed by atoms with Crippen LogP contribution in [-0.4, -0.2) is 54.9 Å². The molecule has 1 rings (SSSR count). The first-order valence-electron chi connectivity index (χ1n) is 11.3. The van der Waals surface area contributed by atoms with Crippen LogP contribution < -0.4 is 10.9 Å². The predicted octanol–water partition coefficient (Wildman–Crippen LogP) is 2.43. The smallest absolute Gasteiger partial charge is 0.256 e. The van der Waals surface area contributed by atoms with Gasteiger partial charge in [0, 0.05) is 12.8 Å². The van der Waals surface area contributed by atoms with E-state index in [1.807, 2.05) is 64.1 Å². The van der Waals surface area contributed by atoms with Crippen molar-refractivity contribution in [3.8, 4) is 0 Å². The van der Waals surface area contributed by atoms with Crippen LogP contribution in [0.5, 0.6) is 0 Å². The summed E-state index contributed by atoms with van der Waals surface area (Å²) in [5.74, 6) is -4.57. The number of allylic oxidation sites excluding steroid dienone is 1. The van der Waals surface area contributed by atoms with Gasteiger partial charge in [0.15, 0.2) is 9.84 Å². The second kappa shape index (κ2) is 13.9. The highest BCUT2D eigenvalue weighted by Gasteiger charge is 2.35. The second-order valence-corrected chi connectivity index (χ2v) is 11.5.